The lowest BCUT2D eigenvalue weighted by Gasteiger charge is -2.39. The highest BCUT2D eigenvalue weighted by Crippen LogP contribution is 2.46. The number of allylic oxidation sites excluding steroid dienone is 2. The summed E-state index contributed by atoms with van der Waals surface area (Å²) >= 11 is 0. The van der Waals surface area contributed by atoms with Crippen LogP contribution in [0.1, 0.15) is 56.4 Å². The van der Waals surface area contributed by atoms with Crippen molar-refractivity contribution in [3.63, 3.8) is 0 Å². The highest BCUT2D eigenvalue weighted by molar-refractivity contribution is 5.84. The highest BCUT2D eigenvalue weighted by atomic mass is 19.4. The number of hydrogen-bond acceptors (Lipinski definition) is 4. The van der Waals surface area contributed by atoms with E-state index in [9.17, 15) is 23.1 Å². The van der Waals surface area contributed by atoms with Gasteiger partial charge in [0.2, 0.25) is 5.91 Å². The minimum atomic E-state index is -4.54. The van der Waals surface area contributed by atoms with E-state index in [1.807, 2.05) is 6.07 Å². The maximum atomic E-state index is 13.9. The monoisotopic (exact) mass is 517 g/mol. The van der Waals surface area contributed by atoms with Gasteiger partial charge < -0.3 is 20.6 Å². The largest absolute Gasteiger partial charge is 0.416 e. The number of aliphatic hydroxyl groups excluding tert-OH is 1. The minimum Gasteiger partial charge on any atom is -0.402 e. The Morgan fingerprint density at radius 2 is 1.86 bits per heavy atom. The van der Waals surface area contributed by atoms with Gasteiger partial charge in [-0.3, -0.25) is 4.79 Å². The van der Waals surface area contributed by atoms with Gasteiger partial charge in [-0.1, -0.05) is 43.0 Å². The van der Waals surface area contributed by atoms with Gasteiger partial charge in [-0.2, -0.15) is 13.2 Å². The second-order valence-electron chi connectivity index (χ2n) is 10.7. The van der Waals surface area contributed by atoms with Crippen LogP contribution in [0.5, 0.6) is 0 Å². The van der Waals surface area contributed by atoms with E-state index in [0.717, 1.165) is 44.5 Å². The summed E-state index contributed by atoms with van der Waals surface area (Å²) in [6, 6.07) is 10.9. The molecule has 2 fully saturated rings. The van der Waals surface area contributed by atoms with E-state index in [0.29, 0.717) is 49.4 Å². The maximum absolute atomic E-state index is 13.9. The molecule has 2 aliphatic heterocycles. The van der Waals surface area contributed by atoms with Crippen LogP contribution in [0.25, 0.3) is 0 Å². The minimum absolute atomic E-state index is 0.0401. The van der Waals surface area contributed by atoms with Gasteiger partial charge in [-0.25, -0.2) is 0 Å². The van der Waals surface area contributed by atoms with E-state index in [4.69, 9.17) is 5.73 Å². The molecule has 0 bridgehead atoms. The molecule has 8 heteroatoms. The van der Waals surface area contributed by atoms with E-state index < -0.39 is 17.2 Å². The van der Waals surface area contributed by atoms with Crippen LogP contribution < -0.4 is 5.73 Å². The summed E-state index contributed by atoms with van der Waals surface area (Å²) in [4.78, 5) is 18.0. The maximum Gasteiger partial charge on any atom is 0.416 e. The number of nitrogens with two attached hydrogens (primary N) is 1. The molecule has 3 aliphatic rings. The third-order valence-corrected chi connectivity index (χ3v) is 8.53. The van der Waals surface area contributed by atoms with Gasteiger partial charge in [0.15, 0.2) is 0 Å². The average molecular weight is 518 g/mol. The molecule has 2 heterocycles. The van der Waals surface area contributed by atoms with Gasteiger partial charge in [0, 0.05) is 37.9 Å². The number of amides is 1. The predicted octanol–water partition coefficient (Wildman–Crippen LogP) is 4.91. The SMILES string of the molecule is C=C/C(=C\C1=C(N)CCN(C(=O)[C@@]2(CCO)CC[C@@H](N3CCC(c4ccccc4)CC3)C2)C1)C(F)(F)F. The Morgan fingerprint density at radius 1 is 1.16 bits per heavy atom. The van der Waals surface area contributed by atoms with Crippen LogP contribution >= 0.6 is 0 Å². The number of carbonyl (C=O) groups is 1. The van der Waals surface area contributed by atoms with E-state index in [1.54, 1.807) is 4.90 Å². The zero-order chi connectivity index (χ0) is 26.6. The molecule has 0 spiro atoms. The number of alkyl halides is 3. The van der Waals surface area contributed by atoms with Gasteiger partial charge >= 0.3 is 6.18 Å². The number of aliphatic hydroxyl groups is 1. The molecule has 3 N–H and O–H groups in total. The lowest BCUT2D eigenvalue weighted by atomic mass is 9.80. The number of piperidine rings is 1. The molecule has 0 unspecified atom stereocenters. The quantitative estimate of drug-likeness (QED) is 0.505. The Morgan fingerprint density at radius 3 is 2.49 bits per heavy atom. The fourth-order valence-electron chi connectivity index (χ4n) is 6.37. The van der Waals surface area contributed by atoms with Gasteiger partial charge in [-0.05, 0) is 74.7 Å². The van der Waals surface area contributed by atoms with Crippen molar-refractivity contribution in [2.45, 2.75) is 63.1 Å². The van der Waals surface area contributed by atoms with Crippen LogP contribution in [0, 0.1) is 5.41 Å². The second-order valence-corrected chi connectivity index (χ2v) is 10.7. The van der Waals surface area contributed by atoms with Gasteiger partial charge in [0.25, 0.3) is 0 Å². The lowest BCUT2D eigenvalue weighted by Crippen LogP contribution is -2.48. The van der Waals surface area contributed by atoms with Crippen LogP contribution in [0.4, 0.5) is 13.2 Å². The van der Waals surface area contributed by atoms with Gasteiger partial charge in [-0.15, -0.1) is 0 Å². The number of hydrogen-bond donors (Lipinski definition) is 2. The average Bonchev–Trinajstić information content (AvgIpc) is 3.33. The van der Waals surface area contributed by atoms with Crippen molar-refractivity contribution in [2.75, 3.05) is 32.8 Å². The second kappa shape index (κ2) is 11.4. The van der Waals surface area contributed by atoms with Crippen molar-refractivity contribution in [3.05, 3.63) is 71.5 Å². The summed E-state index contributed by atoms with van der Waals surface area (Å²) in [7, 11) is 0. The number of nitrogens with zero attached hydrogens (tertiary/aromatic N) is 2. The summed E-state index contributed by atoms with van der Waals surface area (Å²) < 4.78 is 39.9. The molecule has 1 amide bonds. The Hall–Kier alpha value is -2.58. The van der Waals surface area contributed by atoms with Crippen molar-refractivity contribution in [2.24, 2.45) is 11.1 Å². The van der Waals surface area contributed by atoms with Crippen molar-refractivity contribution >= 4 is 5.91 Å². The summed E-state index contributed by atoms with van der Waals surface area (Å²) in [5, 5.41) is 9.87. The van der Waals surface area contributed by atoms with Crippen LogP contribution in [0.3, 0.4) is 0 Å². The number of carbonyl (C=O) groups excluding carboxylic acids is 1. The molecule has 0 aromatic heterocycles. The van der Waals surface area contributed by atoms with E-state index in [1.165, 1.54) is 5.56 Å². The van der Waals surface area contributed by atoms with Crippen LogP contribution in [0.15, 0.2) is 65.9 Å². The Labute approximate surface area is 217 Å². The number of rotatable bonds is 7. The van der Waals surface area contributed by atoms with Crippen LogP contribution in [-0.4, -0.2) is 65.8 Å². The molecule has 1 saturated carbocycles. The van der Waals surface area contributed by atoms with E-state index in [-0.39, 0.29) is 25.1 Å². The normalized spacial score (nSPS) is 26.5. The first kappa shape index (κ1) is 27.5. The molecule has 0 radical (unpaired) electrons. The standard InChI is InChI=1S/C29H38F3N3O2/c1-2-24(29(30,31)32)18-23-20-35(16-11-26(23)33)27(37)28(13-17-36)12-8-25(19-28)34-14-9-22(10-15-34)21-6-4-3-5-7-21/h2-7,18,22,25,36H,1,8-17,19-20,33H2/b24-18+/t25-,28-/m1/s1. The molecular formula is C29H38F3N3O2. The van der Waals surface area contributed by atoms with Crippen molar-refractivity contribution in [1.29, 1.82) is 0 Å². The Bertz CT molecular complexity index is 1030. The van der Waals surface area contributed by atoms with Crippen LogP contribution in [-0.2, 0) is 4.79 Å². The Balaban J connectivity index is 1.43. The predicted molar refractivity (Wildman–Crippen MR) is 139 cm³/mol. The topological polar surface area (TPSA) is 69.8 Å². The molecule has 5 nitrogen and oxygen atoms in total. The zero-order valence-corrected chi connectivity index (χ0v) is 21.3. The summed E-state index contributed by atoms with van der Waals surface area (Å²) in [5.41, 5.74) is 6.55. The summed E-state index contributed by atoms with van der Waals surface area (Å²) in [6.45, 7) is 5.56. The van der Waals surface area contributed by atoms with Crippen molar-refractivity contribution < 1.29 is 23.1 Å². The first-order valence-corrected chi connectivity index (χ1v) is 13.2. The molecule has 1 aromatic rings. The molecule has 2 atom stereocenters. The number of benzene rings is 1. The number of likely N-dealkylation sites (tertiary alicyclic amines) is 1. The summed E-state index contributed by atoms with van der Waals surface area (Å²) in [5.74, 6) is 0.477. The third kappa shape index (κ3) is 6.12. The smallest absolute Gasteiger partial charge is 0.402 e. The zero-order valence-electron chi connectivity index (χ0n) is 21.3. The fraction of sp³-hybridized carbons (Fsp3) is 0.552. The molecular weight excluding hydrogens is 479 g/mol. The Kier molecular flexibility index (Phi) is 8.49. The van der Waals surface area contributed by atoms with Gasteiger partial charge in [0.05, 0.1) is 11.0 Å². The fourth-order valence-corrected chi connectivity index (χ4v) is 6.37. The summed E-state index contributed by atoms with van der Waals surface area (Å²) in [6.07, 6.45) is 2.33. The molecule has 1 saturated heterocycles. The van der Waals surface area contributed by atoms with Gasteiger partial charge in [0.1, 0.15) is 0 Å². The van der Waals surface area contributed by atoms with E-state index in [2.05, 4.69) is 35.7 Å². The third-order valence-electron chi connectivity index (χ3n) is 8.53. The van der Waals surface area contributed by atoms with Crippen molar-refractivity contribution in [3.8, 4) is 0 Å². The molecule has 37 heavy (non-hydrogen) atoms. The molecule has 1 aromatic carbocycles. The van der Waals surface area contributed by atoms with Crippen LogP contribution in [0.2, 0.25) is 0 Å². The highest BCUT2D eigenvalue weighted by Gasteiger charge is 2.48. The van der Waals surface area contributed by atoms with Crippen molar-refractivity contribution in [1.82, 2.24) is 9.80 Å². The first-order chi connectivity index (χ1) is 17.7. The number of halogens is 3. The lowest BCUT2D eigenvalue weighted by molar-refractivity contribution is -0.143. The molecule has 4 rings (SSSR count). The molecule has 1 aliphatic carbocycles. The molecule has 202 valence electrons. The first-order valence-electron chi connectivity index (χ1n) is 13.2. The van der Waals surface area contributed by atoms with E-state index >= 15 is 0 Å².